The molecule has 1 heteroatoms. The minimum Gasteiger partial charge on any atom is -0.374 e. The van der Waals surface area contributed by atoms with Crippen LogP contribution in [0.2, 0.25) is 0 Å². The Morgan fingerprint density at radius 3 is 1.38 bits per heavy atom. The largest absolute Gasteiger partial charge is 0.374 e. The Hall–Kier alpha value is -0.0400. The zero-order valence-electron chi connectivity index (χ0n) is 21.6. The van der Waals surface area contributed by atoms with E-state index in [4.69, 9.17) is 4.74 Å². The number of ether oxygens (including phenoxy) is 1. The molecule has 0 aliphatic carbocycles. The molecule has 0 radical (unpaired) electrons. The third-order valence-electron chi connectivity index (χ3n) is 7.18. The van der Waals surface area contributed by atoms with Crippen LogP contribution in [-0.2, 0) is 4.74 Å². The molecule has 0 aliphatic heterocycles. The van der Waals surface area contributed by atoms with Gasteiger partial charge in [-0.2, -0.15) is 0 Å². The lowest BCUT2D eigenvalue weighted by atomic mass is 9.60. The summed E-state index contributed by atoms with van der Waals surface area (Å²) in [6, 6.07) is 0. The zero-order chi connectivity index (χ0) is 21.8. The first kappa shape index (κ1) is 29.0. The van der Waals surface area contributed by atoms with Crippen LogP contribution in [0.25, 0.3) is 0 Å². The van der Waals surface area contributed by atoms with Crippen LogP contribution in [0.5, 0.6) is 0 Å². The second-order valence-corrected chi connectivity index (χ2v) is 9.70. The first-order valence-electron chi connectivity index (χ1n) is 13.8. The van der Waals surface area contributed by atoms with Gasteiger partial charge in [0, 0.05) is 6.61 Å². The van der Waals surface area contributed by atoms with E-state index in [2.05, 4.69) is 41.5 Å². The Labute approximate surface area is 186 Å². The van der Waals surface area contributed by atoms with Gasteiger partial charge < -0.3 is 4.74 Å². The fraction of sp³-hybridized carbons (Fsp3) is 1.00. The molecule has 0 saturated heterocycles. The first-order chi connectivity index (χ1) is 14.1. The number of hydrogen-bond donors (Lipinski definition) is 0. The van der Waals surface area contributed by atoms with Gasteiger partial charge in [0.25, 0.3) is 0 Å². The molecule has 0 saturated carbocycles. The molecule has 0 rings (SSSR count). The van der Waals surface area contributed by atoms with Crippen molar-refractivity contribution in [2.24, 2.45) is 5.41 Å². The minimum absolute atomic E-state index is 0.115. The summed E-state index contributed by atoms with van der Waals surface area (Å²) in [5, 5.41) is 0. The highest BCUT2D eigenvalue weighted by Gasteiger charge is 2.49. The maximum atomic E-state index is 7.04. The summed E-state index contributed by atoms with van der Waals surface area (Å²) in [5.41, 5.74) is 0.503. The average Bonchev–Trinajstić information content (AvgIpc) is 2.72. The van der Waals surface area contributed by atoms with Crippen LogP contribution in [0.3, 0.4) is 0 Å². The second kappa shape index (κ2) is 18.7. The minimum atomic E-state index is 0.115. The molecule has 0 aromatic carbocycles. The molecule has 0 spiro atoms. The predicted molar refractivity (Wildman–Crippen MR) is 133 cm³/mol. The van der Waals surface area contributed by atoms with Crippen molar-refractivity contribution < 1.29 is 4.74 Å². The number of unbranched alkanes of at least 4 members (excludes halogenated alkanes) is 8. The van der Waals surface area contributed by atoms with Gasteiger partial charge >= 0.3 is 0 Å². The smallest absolute Gasteiger partial charge is 0.0738 e. The van der Waals surface area contributed by atoms with Gasteiger partial charge in [0.15, 0.2) is 0 Å². The lowest BCUT2D eigenvalue weighted by Crippen LogP contribution is -2.51. The van der Waals surface area contributed by atoms with Crippen molar-refractivity contribution in [3.63, 3.8) is 0 Å². The zero-order valence-corrected chi connectivity index (χ0v) is 21.6. The Morgan fingerprint density at radius 1 is 0.414 bits per heavy atom. The van der Waals surface area contributed by atoms with E-state index < -0.39 is 0 Å². The normalized spacial score (nSPS) is 12.6. The van der Waals surface area contributed by atoms with Crippen LogP contribution < -0.4 is 0 Å². The van der Waals surface area contributed by atoms with E-state index in [-0.39, 0.29) is 5.60 Å². The van der Waals surface area contributed by atoms with Gasteiger partial charge in [0.1, 0.15) is 0 Å². The van der Waals surface area contributed by atoms with E-state index in [1.807, 2.05) is 0 Å². The molecule has 0 aromatic heterocycles. The Kier molecular flexibility index (Phi) is 18.7. The van der Waals surface area contributed by atoms with Crippen molar-refractivity contribution in [3.8, 4) is 0 Å². The molecule has 0 aliphatic rings. The van der Waals surface area contributed by atoms with Crippen molar-refractivity contribution in [2.75, 3.05) is 6.61 Å². The van der Waals surface area contributed by atoms with E-state index in [1.165, 1.54) is 122 Å². The summed E-state index contributed by atoms with van der Waals surface area (Å²) in [6.07, 6.45) is 25.4. The van der Waals surface area contributed by atoms with Gasteiger partial charge in [-0.15, -0.1) is 0 Å². The van der Waals surface area contributed by atoms with E-state index in [0.717, 1.165) is 6.61 Å². The van der Waals surface area contributed by atoms with Crippen LogP contribution in [0, 0.1) is 5.41 Å². The molecule has 0 aromatic rings. The Morgan fingerprint density at radius 2 is 0.897 bits per heavy atom. The highest BCUT2D eigenvalue weighted by atomic mass is 16.5. The lowest BCUT2D eigenvalue weighted by Gasteiger charge is -2.52. The third kappa shape index (κ3) is 10.7. The Bertz CT molecular complexity index is 321. The summed E-state index contributed by atoms with van der Waals surface area (Å²) in [6.45, 7) is 15.1. The fourth-order valence-electron chi connectivity index (χ4n) is 5.55. The summed E-state index contributed by atoms with van der Waals surface area (Å²) in [5.74, 6) is 0. The molecule has 0 N–H and O–H groups in total. The van der Waals surface area contributed by atoms with Crippen LogP contribution in [0.15, 0.2) is 0 Å². The van der Waals surface area contributed by atoms with Gasteiger partial charge in [-0.05, 0) is 43.9 Å². The SMILES string of the molecule is CCCCCCCCC(CCC)(CCC)C(CCCC)(CCCC)OCCCC. The van der Waals surface area contributed by atoms with Gasteiger partial charge in [-0.3, -0.25) is 0 Å². The summed E-state index contributed by atoms with van der Waals surface area (Å²) in [4.78, 5) is 0. The summed E-state index contributed by atoms with van der Waals surface area (Å²) >= 11 is 0. The molecule has 0 heterocycles. The number of hydrogen-bond acceptors (Lipinski definition) is 1. The Balaban J connectivity index is 5.64. The predicted octanol–water partition coefficient (Wildman–Crippen LogP) is 10.3. The van der Waals surface area contributed by atoms with Crippen molar-refractivity contribution in [1.82, 2.24) is 0 Å². The maximum absolute atomic E-state index is 7.04. The molecule has 29 heavy (non-hydrogen) atoms. The van der Waals surface area contributed by atoms with Gasteiger partial charge in [-0.1, -0.05) is 125 Å². The van der Waals surface area contributed by atoms with E-state index in [1.54, 1.807) is 0 Å². The molecule has 0 amide bonds. The summed E-state index contributed by atoms with van der Waals surface area (Å²) in [7, 11) is 0. The number of rotatable bonds is 22. The van der Waals surface area contributed by atoms with Crippen molar-refractivity contribution in [3.05, 3.63) is 0 Å². The van der Waals surface area contributed by atoms with Crippen molar-refractivity contribution in [1.29, 1.82) is 0 Å². The summed E-state index contributed by atoms with van der Waals surface area (Å²) < 4.78 is 7.04. The average molecular weight is 411 g/mol. The molecule has 0 bridgehead atoms. The van der Waals surface area contributed by atoms with E-state index >= 15 is 0 Å². The van der Waals surface area contributed by atoms with Crippen molar-refractivity contribution >= 4 is 0 Å². The fourth-order valence-corrected chi connectivity index (χ4v) is 5.55. The molecule has 0 fully saturated rings. The lowest BCUT2D eigenvalue weighted by molar-refractivity contribution is -0.161. The molecular formula is C28H58O. The van der Waals surface area contributed by atoms with E-state index in [0.29, 0.717) is 5.41 Å². The van der Waals surface area contributed by atoms with Crippen LogP contribution in [0.4, 0.5) is 0 Å². The van der Waals surface area contributed by atoms with E-state index in [9.17, 15) is 0 Å². The van der Waals surface area contributed by atoms with Gasteiger partial charge in [0.2, 0.25) is 0 Å². The molecule has 176 valence electrons. The topological polar surface area (TPSA) is 9.23 Å². The quantitative estimate of drug-likeness (QED) is 0.161. The van der Waals surface area contributed by atoms with Crippen LogP contribution in [0.1, 0.15) is 164 Å². The second-order valence-electron chi connectivity index (χ2n) is 9.70. The third-order valence-corrected chi connectivity index (χ3v) is 7.18. The van der Waals surface area contributed by atoms with Crippen molar-refractivity contribution in [2.45, 2.75) is 169 Å². The van der Waals surface area contributed by atoms with Crippen LogP contribution >= 0.6 is 0 Å². The highest BCUT2D eigenvalue weighted by Crippen LogP contribution is 2.52. The highest BCUT2D eigenvalue weighted by molar-refractivity contribution is 5.00. The maximum Gasteiger partial charge on any atom is 0.0738 e. The molecule has 1 nitrogen and oxygen atoms in total. The molecular weight excluding hydrogens is 352 g/mol. The standard InChI is InChI=1S/C28H58O/c1-7-13-17-18-19-20-23-27(21-11-5,22-12-6)28(24-14-8-2,25-15-9-3)29-26-16-10-4/h7-26H2,1-6H3. The molecule has 0 unspecified atom stereocenters. The van der Waals surface area contributed by atoms with Gasteiger partial charge in [0.05, 0.1) is 5.60 Å². The first-order valence-corrected chi connectivity index (χ1v) is 13.8. The monoisotopic (exact) mass is 410 g/mol. The molecule has 0 atom stereocenters. The van der Waals surface area contributed by atoms with Gasteiger partial charge in [-0.25, -0.2) is 0 Å². The van der Waals surface area contributed by atoms with Crippen LogP contribution in [-0.4, -0.2) is 12.2 Å².